The smallest absolute Gasteiger partial charge is 0.264 e. The van der Waals surface area contributed by atoms with E-state index in [0.717, 1.165) is 10.5 Å². The van der Waals surface area contributed by atoms with E-state index in [1.807, 2.05) is 30.3 Å². The molecule has 0 aliphatic carbocycles. The number of azo groups is 1. The van der Waals surface area contributed by atoms with Crippen molar-refractivity contribution in [2.45, 2.75) is 18.5 Å². The number of amides is 2. The molecule has 0 radical (unpaired) electrons. The molecule has 2 aromatic rings. The minimum atomic E-state index is -1.22. The van der Waals surface area contributed by atoms with Gasteiger partial charge in [-0.15, -0.1) is 0 Å². The van der Waals surface area contributed by atoms with Crippen molar-refractivity contribution >= 4 is 40.7 Å². The Kier molecular flexibility index (Phi) is 3.67. The third kappa shape index (κ3) is 2.38. The van der Waals surface area contributed by atoms with Gasteiger partial charge >= 0.3 is 0 Å². The molecule has 7 heteroatoms. The van der Waals surface area contributed by atoms with E-state index < -0.39 is 23.4 Å². The molecule has 3 atom stereocenters. The molecular formula is C18H13Cl2N3O2. The molecule has 2 aromatic carbocycles. The highest BCUT2D eigenvalue weighted by atomic mass is 35.5. The van der Waals surface area contributed by atoms with E-state index in [9.17, 15) is 9.59 Å². The maximum absolute atomic E-state index is 13.1. The quantitative estimate of drug-likeness (QED) is 0.730. The van der Waals surface area contributed by atoms with E-state index >= 15 is 0 Å². The number of fused-ring (bicyclic) bond motifs is 1. The first-order chi connectivity index (χ1) is 11.9. The molecule has 3 unspecified atom stereocenters. The van der Waals surface area contributed by atoms with Gasteiger partial charge in [0.2, 0.25) is 5.91 Å². The minimum Gasteiger partial charge on any atom is -0.273 e. The summed E-state index contributed by atoms with van der Waals surface area (Å²) >= 11 is 12.1. The summed E-state index contributed by atoms with van der Waals surface area (Å²) in [7, 11) is 0. The van der Waals surface area contributed by atoms with Crippen molar-refractivity contribution in [3.8, 4) is 0 Å². The Bertz CT molecular complexity index is 896. The summed E-state index contributed by atoms with van der Waals surface area (Å²) in [5.41, 5.74) is -0.0101. The van der Waals surface area contributed by atoms with Crippen LogP contribution in [0, 0.1) is 5.92 Å². The van der Waals surface area contributed by atoms with Gasteiger partial charge in [0.25, 0.3) is 5.91 Å². The van der Waals surface area contributed by atoms with Crippen LogP contribution >= 0.6 is 23.2 Å². The van der Waals surface area contributed by atoms with Crippen LogP contribution in [-0.2, 0) is 9.59 Å². The van der Waals surface area contributed by atoms with Crippen molar-refractivity contribution in [3.05, 3.63) is 64.1 Å². The Morgan fingerprint density at radius 3 is 2.32 bits per heavy atom. The number of hydrogen-bond donors (Lipinski definition) is 0. The van der Waals surface area contributed by atoms with Crippen LogP contribution in [0.5, 0.6) is 0 Å². The van der Waals surface area contributed by atoms with Gasteiger partial charge in [-0.2, -0.15) is 10.2 Å². The van der Waals surface area contributed by atoms with E-state index in [1.54, 1.807) is 25.1 Å². The van der Waals surface area contributed by atoms with Gasteiger partial charge in [-0.3, -0.25) is 9.59 Å². The van der Waals surface area contributed by atoms with E-state index in [-0.39, 0.29) is 5.91 Å². The molecule has 5 nitrogen and oxygen atoms in total. The average molecular weight is 374 g/mol. The summed E-state index contributed by atoms with van der Waals surface area (Å²) in [6, 6.07) is 13.5. The van der Waals surface area contributed by atoms with Gasteiger partial charge in [0, 0.05) is 10.0 Å². The van der Waals surface area contributed by atoms with Crippen LogP contribution in [-0.4, -0.2) is 17.4 Å². The van der Waals surface area contributed by atoms with E-state index in [0.29, 0.717) is 15.7 Å². The summed E-state index contributed by atoms with van der Waals surface area (Å²) < 4.78 is 0. The number of nitrogens with zero attached hydrogens (tertiary/aromatic N) is 3. The third-order valence-corrected chi connectivity index (χ3v) is 5.12. The molecule has 0 aromatic heterocycles. The second-order valence-corrected chi connectivity index (χ2v) is 7.18. The molecule has 2 aliphatic heterocycles. The lowest BCUT2D eigenvalue weighted by Crippen LogP contribution is -2.37. The Labute approximate surface area is 154 Å². The Balaban J connectivity index is 1.79. The molecule has 0 saturated carbocycles. The summed E-state index contributed by atoms with van der Waals surface area (Å²) in [5, 5.41) is 9.12. The molecule has 2 aliphatic rings. The van der Waals surface area contributed by atoms with Crippen LogP contribution in [0.3, 0.4) is 0 Å². The van der Waals surface area contributed by atoms with Crippen molar-refractivity contribution < 1.29 is 9.59 Å². The molecule has 2 amide bonds. The van der Waals surface area contributed by atoms with Gasteiger partial charge in [-0.05, 0) is 30.7 Å². The van der Waals surface area contributed by atoms with Gasteiger partial charge in [-0.25, -0.2) is 4.90 Å². The van der Waals surface area contributed by atoms with E-state index in [2.05, 4.69) is 10.2 Å². The van der Waals surface area contributed by atoms with Gasteiger partial charge in [0.15, 0.2) is 5.54 Å². The molecule has 1 saturated heterocycles. The fourth-order valence-electron chi connectivity index (χ4n) is 3.46. The molecule has 1 fully saturated rings. The average Bonchev–Trinajstić information content (AvgIpc) is 3.01. The van der Waals surface area contributed by atoms with Crippen molar-refractivity contribution in [2.24, 2.45) is 16.1 Å². The first kappa shape index (κ1) is 16.2. The van der Waals surface area contributed by atoms with Crippen molar-refractivity contribution in [1.82, 2.24) is 0 Å². The molecule has 0 N–H and O–H groups in total. The van der Waals surface area contributed by atoms with Gasteiger partial charge < -0.3 is 0 Å². The summed E-state index contributed by atoms with van der Waals surface area (Å²) in [5.74, 6) is -1.44. The highest BCUT2D eigenvalue weighted by Crippen LogP contribution is 2.49. The van der Waals surface area contributed by atoms with Crippen LogP contribution in [0.15, 0.2) is 58.8 Å². The van der Waals surface area contributed by atoms with Gasteiger partial charge in [0.1, 0.15) is 12.0 Å². The largest absolute Gasteiger partial charge is 0.273 e. The first-order valence-electron chi connectivity index (χ1n) is 7.73. The Morgan fingerprint density at radius 1 is 1.04 bits per heavy atom. The minimum absolute atomic E-state index is 0.343. The zero-order valence-corrected chi connectivity index (χ0v) is 14.7. The zero-order valence-electron chi connectivity index (χ0n) is 13.2. The van der Waals surface area contributed by atoms with Crippen LogP contribution in [0.4, 0.5) is 5.69 Å². The summed E-state index contributed by atoms with van der Waals surface area (Å²) in [4.78, 5) is 27.2. The predicted octanol–water partition coefficient (Wildman–Crippen LogP) is 4.45. The maximum atomic E-state index is 13.1. The molecule has 25 heavy (non-hydrogen) atoms. The van der Waals surface area contributed by atoms with E-state index in [4.69, 9.17) is 23.2 Å². The summed E-state index contributed by atoms with van der Waals surface area (Å²) in [6.45, 7) is 1.65. The second kappa shape index (κ2) is 5.64. The van der Waals surface area contributed by atoms with Crippen LogP contribution in [0.2, 0.25) is 10.0 Å². The maximum Gasteiger partial charge on any atom is 0.264 e. The van der Waals surface area contributed by atoms with Crippen LogP contribution in [0.25, 0.3) is 0 Å². The zero-order chi connectivity index (χ0) is 17.8. The lowest BCUT2D eigenvalue weighted by Gasteiger charge is -2.17. The second-order valence-electron chi connectivity index (χ2n) is 6.30. The van der Waals surface area contributed by atoms with Gasteiger partial charge in [-0.1, -0.05) is 53.5 Å². The number of carbonyl (C=O) groups excluding carboxylic acids is 2. The monoisotopic (exact) mass is 373 g/mol. The summed E-state index contributed by atoms with van der Waals surface area (Å²) in [6.07, 6.45) is 0. The highest BCUT2D eigenvalue weighted by Gasteiger charge is 2.63. The number of benzene rings is 2. The number of rotatable bonds is 2. The van der Waals surface area contributed by atoms with Gasteiger partial charge in [0.05, 0.1) is 5.69 Å². The topological polar surface area (TPSA) is 62.1 Å². The predicted molar refractivity (Wildman–Crippen MR) is 94.9 cm³/mol. The fourth-order valence-corrected chi connectivity index (χ4v) is 3.97. The SMILES string of the molecule is CC12N=NC(c3ccccc3)C1C(=O)N(c1cc(Cl)cc(Cl)c1)C2=O. The lowest BCUT2D eigenvalue weighted by molar-refractivity contribution is -0.123. The molecular weight excluding hydrogens is 361 g/mol. The van der Waals surface area contributed by atoms with E-state index in [1.165, 1.54) is 0 Å². The number of halogens is 2. The lowest BCUT2D eigenvalue weighted by atomic mass is 9.82. The highest BCUT2D eigenvalue weighted by molar-refractivity contribution is 6.36. The number of anilines is 1. The van der Waals surface area contributed by atoms with Crippen molar-refractivity contribution in [1.29, 1.82) is 0 Å². The third-order valence-electron chi connectivity index (χ3n) is 4.68. The molecule has 0 bridgehead atoms. The van der Waals surface area contributed by atoms with Crippen molar-refractivity contribution in [2.75, 3.05) is 4.90 Å². The molecule has 126 valence electrons. The molecule has 2 heterocycles. The number of carbonyl (C=O) groups is 2. The molecule has 0 spiro atoms. The van der Waals surface area contributed by atoms with Crippen molar-refractivity contribution in [3.63, 3.8) is 0 Å². The van der Waals surface area contributed by atoms with Crippen LogP contribution < -0.4 is 4.90 Å². The number of imide groups is 1. The number of hydrogen-bond acceptors (Lipinski definition) is 4. The standard InChI is InChI=1S/C18H13Cl2N3O2/c1-18-14(15(21-22-18)10-5-3-2-4-6-10)16(24)23(17(18)25)13-8-11(19)7-12(20)9-13/h2-9,14-15H,1H3. The first-order valence-corrected chi connectivity index (χ1v) is 8.49. The fraction of sp³-hybridized carbons (Fsp3) is 0.222. The van der Waals surface area contributed by atoms with Crippen LogP contribution in [0.1, 0.15) is 18.5 Å². The molecule has 4 rings (SSSR count). The normalized spacial score (nSPS) is 27.9. The Hall–Kier alpha value is -2.24. The Morgan fingerprint density at radius 2 is 1.68 bits per heavy atom.